The lowest BCUT2D eigenvalue weighted by molar-refractivity contribution is -0.384. The number of carbonyl (C=O) groups is 1. The van der Waals surface area contributed by atoms with Crippen LogP contribution in [0.1, 0.15) is 10.4 Å². The quantitative estimate of drug-likeness (QED) is 0.639. The summed E-state index contributed by atoms with van der Waals surface area (Å²) in [4.78, 5) is 20.5. The molecule has 2 rings (SSSR count). The van der Waals surface area contributed by atoms with Gasteiger partial charge >= 0.3 is 11.7 Å². The number of carboxylic acid groups (broad SMARTS) is 1. The van der Waals surface area contributed by atoms with Crippen molar-refractivity contribution in [1.82, 2.24) is 9.78 Å². The Kier molecular flexibility index (Phi) is 2.57. The van der Waals surface area contributed by atoms with Crippen molar-refractivity contribution in [2.24, 2.45) is 0 Å². The van der Waals surface area contributed by atoms with Crippen LogP contribution in [0.5, 0.6) is 0 Å². The molecule has 0 aliphatic rings. The van der Waals surface area contributed by atoms with Gasteiger partial charge in [-0.3, -0.25) is 10.1 Å². The van der Waals surface area contributed by atoms with Gasteiger partial charge in [-0.15, -0.1) is 0 Å². The van der Waals surface area contributed by atoms with Crippen molar-refractivity contribution in [1.29, 1.82) is 0 Å². The summed E-state index contributed by atoms with van der Waals surface area (Å²) in [5.74, 6) is -1.03. The van der Waals surface area contributed by atoms with Crippen LogP contribution in [-0.4, -0.2) is 25.8 Å². The minimum absolute atomic E-state index is 0.118. The molecule has 0 amide bonds. The molecule has 0 unspecified atom stereocenters. The Hall–Kier alpha value is -2.70. The number of hydrogen-bond acceptors (Lipinski definition) is 4. The molecular weight excluding hydrogens is 226 g/mol. The zero-order chi connectivity index (χ0) is 12.4. The van der Waals surface area contributed by atoms with Gasteiger partial charge in [0.25, 0.3) is 0 Å². The summed E-state index contributed by atoms with van der Waals surface area (Å²) < 4.78 is 1.31. The minimum atomic E-state index is -1.03. The Bertz CT molecular complexity index is 573. The van der Waals surface area contributed by atoms with Crippen molar-refractivity contribution in [3.05, 3.63) is 52.3 Å². The molecule has 2 aromatic rings. The largest absolute Gasteiger partial charge is 0.478 e. The van der Waals surface area contributed by atoms with Gasteiger partial charge in [0, 0.05) is 0 Å². The van der Waals surface area contributed by atoms with Crippen molar-refractivity contribution in [2.45, 2.75) is 0 Å². The molecule has 0 saturated carbocycles. The fourth-order valence-electron chi connectivity index (χ4n) is 1.31. The van der Waals surface area contributed by atoms with Crippen LogP contribution in [0.25, 0.3) is 5.69 Å². The summed E-state index contributed by atoms with van der Waals surface area (Å²) in [6, 6.07) is 5.87. The molecule has 7 heteroatoms. The third-order valence-electron chi connectivity index (χ3n) is 2.16. The molecule has 0 atom stereocenters. The number of benzene rings is 1. The monoisotopic (exact) mass is 233 g/mol. The van der Waals surface area contributed by atoms with E-state index in [0.29, 0.717) is 5.69 Å². The highest BCUT2D eigenvalue weighted by atomic mass is 16.6. The molecular formula is C10H7N3O4. The van der Waals surface area contributed by atoms with Crippen LogP contribution in [-0.2, 0) is 0 Å². The minimum Gasteiger partial charge on any atom is -0.478 e. The maximum Gasteiger partial charge on any atom is 0.335 e. The van der Waals surface area contributed by atoms with Gasteiger partial charge in [0.2, 0.25) is 0 Å². The first-order valence-electron chi connectivity index (χ1n) is 4.61. The molecule has 0 fully saturated rings. The van der Waals surface area contributed by atoms with E-state index in [1.165, 1.54) is 35.1 Å². The standard InChI is InChI=1S/C10H7N3O4/c14-10(15)7-1-3-8(4-2-7)12-6-9(5-11-12)13(16)17/h1-6H,(H,14,15). The van der Waals surface area contributed by atoms with Gasteiger partial charge in [0.15, 0.2) is 0 Å². The van der Waals surface area contributed by atoms with E-state index in [2.05, 4.69) is 5.10 Å². The summed E-state index contributed by atoms with van der Waals surface area (Å²) in [6.07, 6.45) is 2.39. The van der Waals surface area contributed by atoms with Crippen LogP contribution in [0.15, 0.2) is 36.7 Å². The smallest absolute Gasteiger partial charge is 0.335 e. The number of nitro groups is 1. The van der Waals surface area contributed by atoms with Crippen LogP contribution in [0, 0.1) is 10.1 Å². The zero-order valence-corrected chi connectivity index (χ0v) is 8.48. The first kappa shape index (κ1) is 10.8. The molecule has 7 nitrogen and oxygen atoms in total. The number of rotatable bonds is 3. The average Bonchev–Trinajstić information content (AvgIpc) is 2.78. The summed E-state index contributed by atoms with van der Waals surface area (Å²) in [5.41, 5.74) is 0.589. The highest BCUT2D eigenvalue weighted by molar-refractivity contribution is 5.87. The number of carboxylic acids is 1. The average molecular weight is 233 g/mol. The van der Waals surface area contributed by atoms with E-state index >= 15 is 0 Å². The molecule has 86 valence electrons. The van der Waals surface area contributed by atoms with Gasteiger partial charge in [-0.05, 0) is 24.3 Å². The lowest BCUT2D eigenvalue weighted by atomic mass is 10.2. The molecule has 0 aliphatic carbocycles. The van der Waals surface area contributed by atoms with E-state index in [0.717, 1.165) is 6.20 Å². The van der Waals surface area contributed by atoms with E-state index in [1.807, 2.05) is 0 Å². The molecule has 1 aromatic carbocycles. The van der Waals surface area contributed by atoms with E-state index < -0.39 is 10.9 Å². The summed E-state index contributed by atoms with van der Waals surface area (Å²) in [5, 5.41) is 23.0. The maximum atomic E-state index is 10.6. The number of aromatic carboxylic acids is 1. The zero-order valence-electron chi connectivity index (χ0n) is 8.48. The van der Waals surface area contributed by atoms with E-state index in [9.17, 15) is 14.9 Å². The van der Waals surface area contributed by atoms with Gasteiger partial charge in [0.1, 0.15) is 12.4 Å². The fraction of sp³-hybridized carbons (Fsp3) is 0. The van der Waals surface area contributed by atoms with E-state index in [1.54, 1.807) is 0 Å². The predicted molar refractivity (Wildman–Crippen MR) is 57.2 cm³/mol. The molecule has 0 aliphatic heterocycles. The Morgan fingerprint density at radius 3 is 2.47 bits per heavy atom. The molecule has 0 spiro atoms. The Labute approximate surface area is 95.1 Å². The van der Waals surface area contributed by atoms with Crippen LogP contribution in [0.4, 0.5) is 5.69 Å². The third kappa shape index (κ3) is 2.12. The first-order chi connectivity index (χ1) is 8.08. The predicted octanol–water partition coefficient (Wildman–Crippen LogP) is 1.48. The van der Waals surface area contributed by atoms with Gasteiger partial charge < -0.3 is 5.11 Å². The van der Waals surface area contributed by atoms with Crippen LogP contribution >= 0.6 is 0 Å². The Morgan fingerprint density at radius 2 is 2.00 bits per heavy atom. The second-order valence-electron chi connectivity index (χ2n) is 3.25. The van der Waals surface area contributed by atoms with Crippen molar-refractivity contribution in [2.75, 3.05) is 0 Å². The lowest BCUT2D eigenvalue weighted by Gasteiger charge is -2.00. The number of nitrogens with zero attached hydrogens (tertiary/aromatic N) is 3. The lowest BCUT2D eigenvalue weighted by Crippen LogP contribution is -1.98. The number of aromatic nitrogens is 2. The molecule has 1 heterocycles. The summed E-state index contributed by atoms with van der Waals surface area (Å²) in [7, 11) is 0. The van der Waals surface area contributed by atoms with Gasteiger partial charge in [0.05, 0.1) is 16.2 Å². The second-order valence-corrected chi connectivity index (χ2v) is 3.25. The first-order valence-corrected chi connectivity index (χ1v) is 4.61. The highest BCUT2D eigenvalue weighted by Gasteiger charge is 2.10. The van der Waals surface area contributed by atoms with Gasteiger partial charge in [-0.1, -0.05) is 0 Å². The topological polar surface area (TPSA) is 98.3 Å². The van der Waals surface area contributed by atoms with Crippen molar-refractivity contribution < 1.29 is 14.8 Å². The fourth-order valence-corrected chi connectivity index (χ4v) is 1.31. The SMILES string of the molecule is O=C(O)c1ccc(-n2cc([N+](=O)[O-])cn2)cc1. The summed E-state index contributed by atoms with van der Waals surface area (Å²) >= 11 is 0. The molecule has 0 radical (unpaired) electrons. The van der Waals surface area contributed by atoms with Gasteiger partial charge in [-0.2, -0.15) is 5.10 Å². The van der Waals surface area contributed by atoms with E-state index in [4.69, 9.17) is 5.11 Å². The molecule has 0 bridgehead atoms. The molecule has 0 saturated heterocycles. The molecule has 1 aromatic heterocycles. The maximum absolute atomic E-state index is 10.6. The number of hydrogen-bond donors (Lipinski definition) is 1. The van der Waals surface area contributed by atoms with Crippen LogP contribution in [0.2, 0.25) is 0 Å². The Morgan fingerprint density at radius 1 is 1.35 bits per heavy atom. The van der Waals surface area contributed by atoms with Crippen LogP contribution < -0.4 is 0 Å². The summed E-state index contributed by atoms with van der Waals surface area (Å²) in [6.45, 7) is 0. The molecule has 1 N–H and O–H groups in total. The van der Waals surface area contributed by atoms with E-state index in [-0.39, 0.29) is 11.3 Å². The Balaban J connectivity index is 2.33. The second kappa shape index (κ2) is 4.05. The highest BCUT2D eigenvalue weighted by Crippen LogP contribution is 2.14. The normalized spacial score (nSPS) is 10.1. The van der Waals surface area contributed by atoms with Crippen molar-refractivity contribution >= 4 is 11.7 Å². The van der Waals surface area contributed by atoms with Crippen molar-refractivity contribution in [3.8, 4) is 5.69 Å². The van der Waals surface area contributed by atoms with Gasteiger partial charge in [-0.25, -0.2) is 9.48 Å². The third-order valence-corrected chi connectivity index (χ3v) is 2.16. The van der Waals surface area contributed by atoms with Crippen LogP contribution in [0.3, 0.4) is 0 Å². The molecule has 17 heavy (non-hydrogen) atoms. The van der Waals surface area contributed by atoms with Crippen molar-refractivity contribution in [3.63, 3.8) is 0 Å².